The minimum absolute atomic E-state index is 0.0852. The molecule has 0 spiro atoms. The predicted molar refractivity (Wildman–Crippen MR) is 82.6 cm³/mol. The maximum atomic E-state index is 9.01. The molecule has 4 nitrogen and oxygen atoms in total. The fourth-order valence-electron chi connectivity index (χ4n) is 1.77. The molecule has 0 atom stereocenters. The normalized spacial score (nSPS) is 12.0. The summed E-state index contributed by atoms with van der Waals surface area (Å²) in [5.41, 5.74) is -0.0852. The molecule has 0 saturated carbocycles. The smallest absolute Gasteiger partial charge is 0.137 e. The molecule has 0 aliphatic heterocycles. The van der Waals surface area contributed by atoms with Gasteiger partial charge < -0.3 is 10.0 Å². The van der Waals surface area contributed by atoms with Crippen molar-refractivity contribution >= 4 is 21.7 Å². The molecular weight excluding hydrogens is 306 g/mol. The summed E-state index contributed by atoms with van der Waals surface area (Å²) in [5.74, 6) is 1.74. The van der Waals surface area contributed by atoms with Gasteiger partial charge in [0, 0.05) is 30.7 Å². The Morgan fingerprint density at radius 3 is 2.42 bits per heavy atom. The van der Waals surface area contributed by atoms with Gasteiger partial charge in [-0.3, -0.25) is 0 Å². The predicted octanol–water partition coefficient (Wildman–Crippen LogP) is 3.13. The molecule has 108 valence electrons. The lowest BCUT2D eigenvalue weighted by molar-refractivity contribution is 0.288. The van der Waals surface area contributed by atoms with E-state index in [1.165, 1.54) is 0 Å². The fourth-order valence-corrected chi connectivity index (χ4v) is 2.14. The summed E-state index contributed by atoms with van der Waals surface area (Å²) in [6.45, 7) is 11.6. The summed E-state index contributed by atoms with van der Waals surface area (Å²) < 4.78 is 0.803. The standard InChI is InChI=1S/C14H24BrN3O/c1-10(2)18(7-6-8-19)12-9-11(15)16-13(17-12)14(3,4)5/h9-10,19H,6-8H2,1-5H3. The van der Waals surface area contributed by atoms with Gasteiger partial charge in [0.1, 0.15) is 16.2 Å². The first kappa shape index (κ1) is 16.4. The summed E-state index contributed by atoms with van der Waals surface area (Å²) in [6.07, 6.45) is 0.741. The van der Waals surface area contributed by atoms with Crippen LogP contribution < -0.4 is 4.90 Å². The molecule has 19 heavy (non-hydrogen) atoms. The molecule has 0 aromatic carbocycles. The van der Waals surface area contributed by atoms with E-state index in [0.717, 1.165) is 29.2 Å². The van der Waals surface area contributed by atoms with Crippen LogP contribution in [0.4, 0.5) is 5.82 Å². The zero-order valence-electron chi connectivity index (χ0n) is 12.4. The first-order valence-corrected chi connectivity index (χ1v) is 7.47. The van der Waals surface area contributed by atoms with Gasteiger partial charge in [-0.15, -0.1) is 0 Å². The molecule has 5 heteroatoms. The molecule has 1 N–H and O–H groups in total. The number of anilines is 1. The van der Waals surface area contributed by atoms with Gasteiger partial charge in [0.15, 0.2) is 0 Å². The largest absolute Gasteiger partial charge is 0.396 e. The van der Waals surface area contributed by atoms with Gasteiger partial charge in [-0.05, 0) is 36.2 Å². The minimum Gasteiger partial charge on any atom is -0.396 e. The van der Waals surface area contributed by atoms with Crippen LogP contribution in [0.25, 0.3) is 0 Å². The van der Waals surface area contributed by atoms with E-state index in [1.54, 1.807) is 0 Å². The lowest BCUT2D eigenvalue weighted by Gasteiger charge is -2.29. The van der Waals surface area contributed by atoms with Gasteiger partial charge in [0.25, 0.3) is 0 Å². The van der Waals surface area contributed by atoms with Crippen molar-refractivity contribution in [1.82, 2.24) is 9.97 Å². The molecule has 0 bridgehead atoms. The van der Waals surface area contributed by atoms with Gasteiger partial charge in [-0.1, -0.05) is 20.8 Å². The van der Waals surface area contributed by atoms with Crippen LogP contribution in [0.3, 0.4) is 0 Å². The molecule has 0 radical (unpaired) electrons. The van der Waals surface area contributed by atoms with E-state index in [4.69, 9.17) is 5.11 Å². The first-order chi connectivity index (χ1) is 8.75. The van der Waals surface area contributed by atoms with Crippen molar-refractivity contribution in [3.8, 4) is 0 Å². The molecule has 0 fully saturated rings. The second kappa shape index (κ2) is 6.66. The summed E-state index contributed by atoms with van der Waals surface area (Å²) in [7, 11) is 0. The van der Waals surface area contributed by atoms with Crippen LogP contribution in [-0.4, -0.2) is 34.3 Å². The summed E-state index contributed by atoms with van der Waals surface area (Å²) in [4.78, 5) is 11.3. The van der Waals surface area contributed by atoms with E-state index >= 15 is 0 Å². The number of hydrogen-bond acceptors (Lipinski definition) is 4. The Labute approximate surface area is 124 Å². The number of hydrogen-bond donors (Lipinski definition) is 1. The molecule has 0 amide bonds. The Morgan fingerprint density at radius 1 is 1.32 bits per heavy atom. The van der Waals surface area contributed by atoms with Crippen molar-refractivity contribution in [3.05, 3.63) is 16.5 Å². The van der Waals surface area contributed by atoms with Crippen molar-refractivity contribution < 1.29 is 5.11 Å². The summed E-state index contributed by atoms with van der Waals surface area (Å²) in [6, 6.07) is 2.27. The van der Waals surface area contributed by atoms with Gasteiger partial charge in [0.2, 0.25) is 0 Å². The third-order valence-corrected chi connectivity index (χ3v) is 3.23. The average molecular weight is 330 g/mol. The molecule has 0 saturated heterocycles. The Balaban J connectivity index is 3.12. The first-order valence-electron chi connectivity index (χ1n) is 6.68. The third kappa shape index (κ3) is 4.73. The maximum absolute atomic E-state index is 9.01. The highest BCUT2D eigenvalue weighted by molar-refractivity contribution is 9.10. The molecule has 1 rings (SSSR count). The Bertz CT molecular complexity index is 416. The van der Waals surface area contributed by atoms with Crippen LogP contribution in [-0.2, 0) is 5.41 Å². The maximum Gasteiger partial charge on any atom is 0.137 e. The second-order valence-electron chi connectivity index (χ2n) is 5.99. The summed E-state index contributed by atoms with van der Waals surface area (Å²) in [5, 5.41) is 9.01. The summed E-state index contributed by atoms with van der Waals surface area (Å²) >= 11 is 3.46. The Morgan fingerprint density at radius 2 is 1.95 bits per heavy atom. The number of aromatic nitrogens is 2. The van der Waals surface area contributed by atoms with Crippen molar-refractivity contribution in [1.29, 1.82) is 0 Å². The molecular formula is C14H24BrN3O. The number of nitrogens with zero attached hydrogens (tertiary/aromatic N) is 3. The van der Waals surface area contributed by atoms with Crippen LogP contribution >= 0.6 is 15.9 Å². The SMILES string of the molecule is CC(C)N(CCCO)c1cc(Br)nc(C(C)(C)C)n1. The minimum atomic E-state index is -0.0852. The third-order valence-electron chi connectivity index (χ3n) is 2.83. The quantitative estimate of drug-likeness (QED) is 0.843. The van der Waals surface area contributed by atoms with E-state index in [9.17, 15) is 0 Å². The van der Waals surface area contributed by atoms with E-state index < -0.39 is 0 Å². The van der Waals surface area contributed by atoms with Crippen LogP contribution in [0.1, 0.15) is 46.9 Å². The van der Waals surface area contributed by atoms with Crippen LogP contribution in [0, 0.1) is 0 Å². The van der Waals surface area contributed by atoms with E-state index in [-0.39, 0.29) is 12.0 Å². The zero-order valence-corrected chi connectivity index (χ0v) is 14.0. The van der Waals surface area contributed by atoms with Crippen LogP contribution in [0.15, 0.2) is 10.7 Å². The molecule has 1 aromatic heterocycles. The molecule has 0 aliphatic carbocycles. The number of rotatable bonds is 5. The molecule has 0 unspecified atom stereocenters. The van der Waals surface area contributed by atoms with Crippen LogP contribution in [0.5, 0.6) is 0 Å². The lowest BCUT2D eigenvalue weighted by atomic mass is 9.96. The van der Waals surface area contributed by atoms with Crippen molar-refractivity contribution in [2.45, 2.75) is 52.5 Å². The molecule has 0 aliphatic rings. The monoisotopic (exact) mass is 329 g/mol. The van der Waals surface area contributed by atoms with Gasteiger partial charge in [-0.2, -0.15) is 0 Å². The average Bonchev–Trinajstić information content (AvgIpc) is 2.27. The fraction of sp³-hybridized carbons (Fsp3) is 0.714. The second-order valence-corrected chi connectivity index (χ2v) is 6.80. The van der Waals surface area contributed by atoms with E-state index in [2.05, 4.69) is 65.4 Å². The Kier molecular flexibility index (Phi) is 5.74. The lowest BCUT2D eigenvalue weighted by Crippen LogP contribution is -2.33. The zero-order chi connectivity index (χ0) is 14.6. The number of halogens is 1. The van der Waals surface area contributed by atoms with E-state index in [0.29, 0.717) is 6.04 Å². The van der Waals surface area contributed by atoms with Crippen LogP contribution in [0.2, 0.25) is 0 Å². The highest BCUT2D eigenvalue weighted by Gasteiger charge is 2.21. The van der Waals surface area contributed by atoms with Gasteiger partial charge >= 0.3 is 0 Å². The number of aliphatic hydroxyl groups is 1. The Hall–Kier alpha value is -0.680. The molecule has 1 aromatic rings. The van der Waals surface area contributed by atoms with Crippen molar-refractivity contribution in [3.63, 3.8) is 0 Å². The number of aliphatic hydroxyl groups excluding tert-OH is 1. The van der Waals surface area contributed by atoms with Crippen molar-refractivity contribution in [2.75, 3.05) is 18.1 Å². The molecule has 1 heterocycles. The van der Waals surface area contributed by atoms with Gasteiger partial charge in [0.05, 0.1) is 0 Å². The van der Waals surface area contributed by atoms with Crippen molar-refractivity contribution in [2.24, 2.45) is 0 Å². The highest BCUT2D eigenvalue weighted by Crippen LogP contribution is 2.25. The topological polar surface area (TPSA) is 49.2 Å². The van der Waals surface area contributed by atoms with E-state index in [1.807, 2.05) is 6.07 Å². The van der Waals surface area contributed by atoms with Gasteiger partial charge in [-0.25, -0.2) is 9.97 Å². The highest BCUT2D eigenvalue weighted by atomic mass is 79.9.